The number of ether oxygens (including phenoxy) is 1. The second-order valence-corrected chi connectivity index (χ2v) is 2.52. The van der Waals surface area contributed by atoms with Gasteiger partial charge in [0, 0.05) is 19.1 Å². The van der Waals surface area contributed by atoms with E-state index in [-0.39, 0.29) is 12.0 Å². The molecule has 0 aliphatic heterocycles. The summed E-state index contributed by atoms with van der Waals surface area (Å²) in [4.78, 5) is 11.1. The van der Waals surface area contributed by atoms with Gasteiger partial charge in [0.25, 0.3) is 6.04 Å². The lowest BCUT2D eigenvalue weighted by Gasteiger charge is -2.02. The highest BCUT2D eigenvalue weighted by Gasteiger charge is 2.21. The predicted molar refractivity (Wildman–Crippen MR) is 43.4 cm³/mol. The Morgan fingerprint density at radius 3 is 2.42 bits per heavy atom. The first-order valence-corrected chi connectivity index (χ1v) is 3.79. The van der Waals surface area contributed by atoms with E-state index in [9.17, 15) is 4.79 Å². The maximum atomic E-state index is 11.1. The highest BCUT2D eigenvalue weighted by atomic mass is 16.5. The molecule has 0 N–H and O–H groups in total. The number of methoxy groups -OCH3 is 1. The Hall–Kier alpha value is -1.38. The Kier molecular flexibility index (Phi) is 2.80. The topological polar surface area (TPSA) is 30.2 Å². The molecule has 0 bridgehead atoms. The van der Waals surface area contributed by atoms with E-state index < -0.39 is 0 Å². The highest BCUT2D eigenvalue weighted by Crippen LogP contribution is 1.95. The van der Waals surface area contributed by atoms with Gasteiger partial charge in [-0.15, -0.1) is 0 Å². The highest BCUT2D eigenvalue weighted by molar-refractivity contribution is 5.71. The zero-order valence-electron chi connectivity index (χ0n) is 7.23. The predicted octanol–water partition coefficient (Wildman–Crippen LogP) is 0.708. The first-order valence-electron chi connectivity index (χ1n) is 3.79. The van der Waals surface area contributed by atoms with Crippen LogP contribution >= 0.6 is 0 Å². The summed E-state index contributed by atoms with van der Waals surface area (Å²) in [5.74, 6) is -0.230. The summed E-state index contributed by atoms with van der Waals surface area (Å²) < 4.78 is 6.40. The zero-order chi connectivity index (χ0) is 8.97. The van der Waals surface area contributed by atoms with E-state index >= 15 is 0 Å². The molecule has 0 saturated carbocycles. The van der Waals surface area contributed by atoms with Gasteiger partial charge >= 0.3 is 5.97 Å². The molecule has 0 spiro atoms. The minimum Gasteiger partial charge on any atom is -0.464 e. The molecule has 0 fully saturated rings. The largest absolute Gasteiger partial charge is 0.464 e. The van der Waals surface area contributed by atoms with Crippen LogP contribution in [0.5, 0.6) is 0 Å². The molecule has 0 saturated heterocycles. The third kappa shape index (κ3) is 1.81. The molecule has 1 aromatic rings. The van der Waals surface area contributed by atoms with Gasteiger partial charge in [-0.2, -0.15) is 4.57 Å². The fourth-order valence-electron chi connectivity index (χ4n) is 0.962. The van der Waals surface area contributed by atoms with Gasteiger partial charge in [0.05, 0.1) is 7.11 Å². The van der Waals surface area contributed by atoms with Gasteiger partial charge in [-0.1, -0.05) is 6.07 Å². The molecule has 0 radical (unpaired) electrons. The van der Waals surface area contributed by atoms with Crippen LogP contribution in [0.1, 0.15) is 13.0 Å². The lowest BCUT2D eigenvalue weighted by Crippen LogP contribution is -2.41. The number of nitrogens with zero attached hydrogens (tertiary/aromatic N) is 1. The quantitative estimate of drug-likeness (QED) is 0.478. The fraction of sp³-hybridized carbons (Fsp3) is 0.333. The monoisotopic (exact) mass is 166 g/mol. The minimum atomic E-state index is -0.254. The molecule has 64 valence electrons. The first kappa shape index (κ1) is 8.71. The SMILES string of the molecule is COC(=O)C(C)[n+]1ccccc1. The zero-order valence-corrected chi connectivity index (χ0v) is 7.23. The number of carbonyl (C=O) groups is 1. The van der Waals surface area contributed by atoms with E-state index in [2.05, 4.69) is 4.74 Å². The van der Waals surface area contributed by atoms with Crippen molar-refractivity contribution < 1.29 is 14.1 Å². The van der Waals surface area contributed by atoms with Crippen molar-refractivity contribution in [2.45, 2.75) is 13.0 Å². The number of aromatic nitrogens is 1. The lowest BCUT2D eigenvalue weighted by molar-refractivity contribution is -0.707. The summed E-state index contributed by atoms with van der Waals surface area (Å²) in [5.41, 5.74) is 0. The maximum Gasteiger partial charge on any atom is 0.375 e. The van der Waals surface area contributed by atoms with Crippen molar-refractivity contribution in [2.75, 3.05) is 7.11 Å². The van der Waals surface area contributed by atoms with Crippen LogP contribution in [-0.4, -0.2) is 13.1 Å². The smallest absolute Gasteiger partial charge is 0.375 e. The van der Waals surface area contributed by atoms with Crippen LogP contribution in [0.25, 0.3) is 0 Å². The number of carbonyl (C=O) groups excluding carboxylic acids is 1. The summed E-state index contributed by atoms with van der Waals surface area (Å²) in [7, 11) is 1.39. The molecule has 0 amide bonds. The lowest BCUT2D eigenvalue weighted by atomic mass is 10.3. The summed E-state index contributed by atoms with van der Waals surface area (Å²) in [5, 5.41) is 0. The first-order chi connectivity index (χ1) is 5.75. The molecule has 3 nitrogen and oxygen atoms in total. The summed E-state index contributed by atoms with van der Waals surface area (Å²) in [6.45, 7) is 1.80. The Labute approximate surface area is 71.6 Å². The van der Waals surface area contributed by atoms with Crippen LogP contribution in [0.2, 0.25) is 0 Å². The fourth-order valence-corrected chi connectivity index (χ4v) is 0.962. The van der Waals surface area contributed by atoms with E-state index in [1.54, 1.807) is 11.5 Å². The van der Waals surface area contributed by atoms with Crippen molar-refractivity contribution in [1.82, 2.24) is 0 Å². The van der Waals surface area contributed by atoms with E-state index in [4.69, 9.17) is 0 Å². The average Bonchev–Trinajstić information content (AvgIpc) is 2.17. The normalized spacial score (nSPS) is 12.2. The van der Waals surface area contributed by atoms with Crippen LogP contribution in [0, 0.1) is 0 Å². The summed E-state index contributed by atoms with van der Waals surface area (Å²) in [6.07, 6.45) is 3.67. The van der Waals surface area contributed by atoms with Gasteiger partial charge in [-0.25, -0.2) is 4.79 Å². The molecule has 0 aliphatic carbocycles. The minimum absolute atomic E-state index is 0.230. The van der Waals surface area contributed by atoms with Gasteiger partial charge < -0.3 is 4.74 Å². The van der Waals surface area contributed by atoms with E-state index in [0.29, 0.717) is 0 Å². The molecular weight excluding hydrogens is 154 g/mol. The van der Waals surface area contributed by atoms with Crippen molar-refractivity contribution >= 4 is 5.97 Å². The number of esters is 1. The third-order valence-electron chi connectivity index (χ3n) is 1.73. The van der Waals surface area contributed by atoms with Gasteiger partial charge in [-0.05, 0) is 0 Å². The molecule has 1 aromatic heterocycles. The van der Waals surface area contributed by atoms with Crippen LogP contribution in [-0.2, 0) is 9.53 Å². The van der Waals surface area contributed by atoms with Gasteiger partial charge in [0.2, 0.25) is 0 Å². The average molecular weight is 166 g/mol. The maximum absolute atomic E-state index is 11.1. The van der Waals surface area contributed by atoms with Gasteiger partial charge in [-0.3, -0.25) is 0 Å². The second kappa shape index (κ2) is 3.85. The van der Waals surface area contributed by atoms with Crippen LogP contribution in [0.3, 0.4) is 0 Å². The van der Waals surface area contributed by atoms with Crippen molar-refractivity contribution in [3.05, 3.63) is 30.6 Å². The third-order valence-corrected chi connectivity index (χ3v) is 1.73. The van der Waals surface area contributed by atoms with E-state index in [1.807, 2.05) is 30.6 Å². The molecule has 1 atom stereocenters. The molecule has 3 heteroatoms. The molecule has 12 heavy (non-hydrogen) atoms. The Morgan fingerprint density at radius 1 is 1.33 bits per heavy atom. The molecule has 0 aromatic carbocycles. The van der Waals surface area contributed by atoms with Crippen molar-refractivity contribution in [3.63, 3.8) is 0 Å². The standard InChI is InChI=1S/C9H12NO2/c1-8(9(11)12-2)10-6-4-3-5-7-10/h3-8H,1-2H3/q+1. The molecule has 1 rings (SSSR count). The summed E-state index contributed by atoms with van der Waals surface area (Å²) in [6, 6.07) is 5.40. The Balaban J connectivity index is 2.78. The van der Waals surface area contributed by atoms with Gasteiger partial charge in [0.1, 0.15) is 0 Å². The van der Waals surface area contributed by atoms with Crippen LogP contribution in [0.4, 0.5) is 0 Å². The second-order valence-electron chi connectivity index (χ2n) is 2.52. The van der Waals surface area contributed by atoms with Crippen molar-refractivity contribution in [1.29, 1.82) is 0 Å². The van der Waals surface area contributed by atoms with E-state index in [1.165, 1.54) is 7.11 Å². The summed E-state index contributed by atoms with van der Waals surface area (Å²) >= 11 is 0. The number of hydrogen-bond acceptors (Lipinski definition) is 2. The van der Waals surface area contributed by atoms with E-state index in [0.717, 1.165) is 0 Å². The van der Waals surface area contributed by atoms with Crippen LogP contribution in [0.15, 0.2) is 30.6 Å². The van der Waals surface area contributed by atoms with Crippen molar-refractivity contribution in [3.8, 4) is 0 Å². The van der Waals surface area contributed by atoms with Gasteiger partial charge in [0.15, 0.2) is 12.4 Å². The Morgan fingerprint density at radius 2 is 1.92 bits per heavy atom. The molecule has 1 heterocycles. The van der Waals surface area contributed by atoms with Crippen LogP contribution < -0.4 is 4.57 Å². The number of hydrogen-bond donors (Lipinski definition) is 0. The van der Waals surface area contributed by atoms with Crippen molar-refractivity contribution in [2.24, 2.45) is 0 Å². The molecular formula is C9H12NO2+. The Bertz CT molecular complexity index is 258. The molecule has 0 aliphatic rings. The number of rotatable bonds is 2. The number of pyridine rings is 1. The molecule has 1 unspecified atom stereocenters.